The van der Waals surface area contributed by atoms with E-state index in [0.717, 1.165) is 6.92 Å². The third-order valence-corrected chi connectivity index (χ3v) is 3.00. The Hall–Kier alpha value is -1.89. The number of hydrogen-bond acceptors (Lipinski definition) is 5. The fourth-order valence-electron chi connectivity index (χ4n) is 1.54. The van der Waals surface area contributed by atoms with Crippen LogP contribution in [0, 0.1) is 0 Å². The van der Waals surface area contributed by atoms with Gasteiger partial charge in [0.1, 0.15) is 11.4 Å². The lowest BCUT2D eigenvalue weighted by molar-refractivity contribution is -0.140. The molecule has 0 saturated carbocycles. The van der Waals surface area contributed by atoms with Crippen molar-refractivity contribution in [3.8, 4) is 5.75 Å². The number of alkyl halides is 2. The van der Waals surface area contributed by atoms with E-state index in [1.165, 1.54) is 7.11 Å². The van der Waals surface area contributed by atoms with Crippen LogP contribution < -0.4 is 10.1 Å². The molecule has 0 spiro atoms. The Morgan fingerprint density at radius 3 is 2.55 bits per heavy atom. The first-order valence-electron chi connectivity index (χ1n) is 6.89. The van der Waals surface area contributed by atoms with Crippen molar-refractivity contribution in [2.24, 2.45) is 0 Å². The van der Waals surface area contributed by atoms with Crippen LogP contribution in [0.15, 0.2) is 24.3 Å². The van der Waals surface area contributed by atoms with Crippen molar-refractivity contribution >= 4 is 11.7 Å². The summed E-state index contributed by atoms with van der Waals surface area (Å²) >= 11 is 0. The molecule has 0 saturated heterocycles. The van der Waals surface area contributed by atoms with Crippen molar-refractivity contribution in [3.05, 3.63) is 24.3 Å². The van der Waals surface area contributed by atoms with Gasteiger partial charge in [0.2, 0.25) is 0 Å². The van der Waals surface area contributed by atoms with Gasteiger partial charge >= 0.3 is 5.97 Å². The zero-order chi connectivity index (χ0) is 16.6. The van der Waals surface area contributed by atoms with Crippen molar-refractivity contribution in [3.63, 3.8) is 0 Å². The number of esters is 1. The molecule has 0 aliphatic rings. The fourth-order valence-corrected chi connectivity index (χ4v) is 1.54. The van der Waals surface area contributed by atoms with E-state index in [1.54, 1.807) is 24.3 Å². The first-order valence-corrected chi connectivity index (χ1v) is 6.89. The molecule has 7 heteroatoms. The number of halogens is 2. The third kappa shape index (κ3) is 6.26. The zero-order valence-corrected chi connectivity index (χ0v) is 12.6. The standard InChI is InChI=1S/C15H21F2NO4/c1-15(20,14(16)17)10-18-11-5-7-12(8-6-11)22-9-3-4-13(19)21-2/h5-8,14,18,20H,3-4,9-10H2,1-2H3. The quantitative estimate of drug-likeness (QED) is 0.541. The van der Waals surface area contributed by atoms with E-state index in [-0.39, 0.29) is 12.5 Å². The summed E-state index contributed by atoms with van der Waals surface area (Å²) in [6.07, 6.45) is -1.99. The average molecular weight is 317 g/mol. The molecule has 124 valence electrons. The van der Waals surface area contributed by atoms with Crippen LogP contribution in [0.4, 0.5) is 14.5 Å². The minimum atomic E-state index is -2.82. The highest BCUT2D eigenvalue weighted by Gasteiger charge is 2.31. The molecular weight excluding hydrogens is 296 g/mol. The van der Waals surface area contributed by atoms with Gasteiger partial charge in [0.25, 0.3) is 6.43 Å². The SMILES string of the molecule is COC(=O)CCCOc1ccc(NCC(C)(O)C(F)F)cc1. The molecule has 1 aromatic carbocycles. The summed E-state index contributed by atoms with van der Waals surface area (Å²) in [5, 5.41) is 12.2. The first-order chi connectivity index (χ1) is 10.3. The molecule has 0 amide bonds. The van der Waals surface area contributed by atoms with E-state index in [1.807, 2.05) is 0 Å². The lowest BCUT2D eigenvalue weighted by Crippen LogP contribution is -2.40. The van der Waals surface area contributed by atoms with Gasteiger partial charge in [-0.15, -0.1) is 0 Å². The van der Waals surface area contributed by atoms with Crippen LogP contribution >= 0.6 is 0 Å². The second kappa shape index (κ2) is 8.53. The van der Waals surface area contributed by atoms with Crippen LogP contribution in [-0.4, -0.2) is 43.4 Å². The number of rotatable bonds is 9. The Morgan fingerprint density at radius 2 is 2.00 bits per heavy atom. The minimum absolute atomic E-state index is 0.260. The van der Waals surface area contributed by atoms with Gasteiger partial charge in [-0.25, -0.2) is 8.78 Å². The van der Waals surface area contributed by atoms with Crippen LogP contribution in [0.2, 0.25) is 0 Å². The summed E-state index contributed by atoms with van der Waals surface area (Å²) in [5.74, 6) is 0.324. The predicted molar refractivity (Wildman–Crippen MR) is 78.3 cm³/mol. The Morgan fingerprint density at radius 1 is 1.36 bits per heavy atom. The van der Waals surface area contributed by atoms with E-state index in [2.05, 4.69) is 10.1 Å². The van der Waals surface area contributed by atoms with E-state index in [4.69, 9.17) is 4.74 Å². The van der Waals surface area contributed by atoms with Crippen LogP contribution in [0.25, 0.3) is 0 Å². The largest absolute Gasteiger partial charge is 0.494 e. The minimum Gasteiger partial charge on any atom is -0.494 e. The normalized spacial score (nSPS) is 13.5. The smallest absolute Gasteiger partial charge is 0.305 e. The summed E-state index contributed by atoms with van der Waals surface area (Å²) < 4.78 is 34.9. The molecule has 0 aliphatic heterocycles. The molecule has 0 aromatic heterocycles. The monoisotopic (exact) mass is 317 g/mol. The van der Waals surface area contributed by atoms with E-state index >= 15 is 0 Å². The molecule has 1 unspecified atom stereocenters. The highest BCUT2D eigenvalue weighted by Crippen LogP contribution is 2.19. The van der Waals surface area contributed by atoms with Crippen molar-refractivity contribution < 1.29 is 28.2 Å². The van der Waals surface area contributed by atoms with Crippen molar-refractivity contribution in [2.75, 3.05) is 25.6 Å². The molecule has 0 bridgehead atoms. The Balaban J connectivity index is 2.35. The number of hydrogen-bond donors (Lipinski definition) is 2. The molecule has 5 nitrogen and oxygen atoms in total. The number of carbonyl (C=O) groups is 1. The molecular formula is C15H21F2NO4. The Bertz CT molecular complexity index is 463. The number of methoxy groups -OCH3 is 1. The van der Waals surface area contributed by atoms with Crippen LogP contribution in [-0.2, 0) is 9.53 Å². The maximum atomic E-state index is 12.5. The average Bonchev–Trinajstić information content (AvgIpc) is 2.50. The van der Waals surface area contributed by atoms with Gasteiger partial charge in [-0.1, -0.05) is 0 Å². The van der Waals surface area contributed by atoms with Gasteiger partial charge in [-0.05, 0) is 37.6 Å². The highest BCUT2D eigenvalue weighted by molar-refractivity contribution is 5.69. The van der Waals surface area contributed by atoms with Gasteiger partial charge in [0.15, 0.2) is 0 Å². The van der Waals surface area contributed by atoms with Crippen LogP contribution in [0.3, 0.4) is 0 Å². The lowest BCUT2D eigenvalue weighted by Gasteiger charge is -2.23. The summed E-state index contributed by atoms with van der Waals surface area (Å²) in [7, 11) is 1.33. The number of carbonyl (C=O) groups excluding carboxylic acids is 1. The van der Waals surface area contributed by atoms with Crippen molar-refractivity contribution in [1.29, 1.82) is 0 Å². The fraction of sp³-hybridized carbons (Fsp3) is 0.533. The molecule has 1 aromatic rings. The van der Waals surface area contributed by atoms with E-state index < -0.39 is 12.0 Å². The van der Waals surface area contributed by atoms with E-state index in [0.29, 0.717) is 30.9 Å². The number of ether oxygens (including phenoxy) is 2. The highest BCUT2D eigenvalue weighted by atomic mass is 19.3. The third-order valence-electron chi connectivity index (χ3n) is 3.00. The first kappa shape index (κ1) is 18.2. The number of benzene rings is 1. The molecule has 0 radical (unpaired) electrons. The van der Waals surface area contributed by atoms with Gasteiger partial charge in [-0.3, -0.25) is 4.79 Å². The maximum absolute atomic E-state index is 12.5. The van der Waals surface area contributed by atoms with E-state index in [9.17, 15) is 18.7 Å². The number of nitrogens with one attached hydrogen (secondary N) is 1. The molecule has 0 heterocycles. The molecule has 0 fully saturated rings. The second-order valence-electron chi connectivity index (χ2n) is 5.06. The van der Waals surface area contributed by atoms with Crippen LogP contribution in [0.1, 0.15) is 19.8 Å². The van der Waals surface area contributed by atoms with Crippen LogP contribution in [0.5, 0.6) is 5.75 Å². The summed E-state index contributed by atoms with van der Waals surface area (Å²) in [5.41, 5.74) is -1.48. The van der Waals surface area contributed by atoms with Gasteiger partial charge in [0, 0.05) is 18.7 Å². The Kier molecular flexibility index (Phi) is 7.04. The van der Waals surface area contributed by atoms with Crippen molar-refractivity contribution in [2.45, 2.75) is 31.8 Å². The molecule has 1 atom stereocenters. The summed E-state index contributed by atoms with van der Waals surface area (Å²) in [6.45, 7) is 1.19. The molecule has 22 heavy (non-hydrogen) atoms. The van der Waals surface area contributed by atoms with Gasteiger partial charge in [0.05, 0.1) is 13.7 Å². The predicted octanol–water partition coefficient (Wildman–Crippen LogP) is 2.45. The molecule has 0 aliphatic carbocycles. The zero-order valence-electron chi connectivity index (χ0n) is 12.6. The molecule has 2 N–H and O–H groups in total. The molecule has 1 rings (SSSR count). The second-order valence-corrected chi connectivity index (χ2v) is 5.06. The van der Waals surface area contributed by atoms with Gasteiger partial charge < -0.3 is 19.9 Å². The maximum Gasteiger partial charge on any atom is 0.305 e. The summed E-state index contributed by atoms with van der Waals surface area (Å²) in [6, 6.07) is 6.68. The van der Waals surface area contributed by atoms with Gasteiger partial charge in [-0.2, -0.15) is 0 Å². The summed E-state index contributed by atoms with van der Waals surface area (Å²) in [4.78, 5) is 10.9. The number of anilines is 1. The van der Waals surface area contributed by atoms with Crippen molar-refractivity contribution in [1.82, 2.24) is 0 Å². The topological polar surface area (TPSA) is 67.8 Å². The Labute approximate surface area is 128 Å². The number of aliphatic hydroxyl groups is 1. The lowest BCUT2D eigenvalue weighted by atomic mass is 10.1.